The van der Waals surface area contributed by atoms with Crippen molar-refractivity contribution < 1.29 is 33.6 Å². The van der Waals surface area contributed by atoms with Gasteiger partial charge in [-0.25, -0.2) is 4.79 Å². The van der Waals surface area contributed by atoms with E-state index in [9.17, 15) is 4.79 Å². The normalized spacial score (nSPS) is 12.9. The van der Waals surface area contributed by atoms with Crippen LogP contribution in [0, 0.1) is 5.92 Å². The highest BCUT2D eigenvalue weighted by Gasteiger charge is 2.33. The summed E-state index contributed by atoms with van der Waals surface area (Å²) in [6, 6.07) is 6.46. The van der Waals surface area contributed by atoms with Crippen LogP contribution in [-0.4, -0.2) is 46.1 Å². The Hall–Kier alpha value is -3.09. The van der Waals surface area contributed by atoms with Gasteiger partial charge >= 0.3 is 5.97 Å². The molecule has 0 saturated carbocycles. The molecule has 0 unspecified atom stereocenters. The summed E-state index contributed by atoms with van der Waals surface area (Å²) >= 11 is 0. The summed E-state index contributed by atoms with van der Waals surface area (Å²) in [6.07, 6.45) is 3.63. The Morgan fingerprint density at radius 3 is 1.80 bits per heavy atom. The fraction of sp³-hybridized carbons (Fsp3) is 0.435. The van der Waals surface area contributed by atoms with E-state index in [1.54, 1.807) is 52.7 Å². The molecule has 0 aromatic heterocycles. The maximum Gasteiger partial charge on any atom is 0.335 e. The highest BCUT2D eigenvalue weighted by molar-refractivity contribution is 5.87. The van der Waals surface area contributed by atoms with Gasteiger partial charge < -0.3 is 28.8 Å². The van der Waals surface area contributed by atoms with Crippen molar-refractivity contribution in [3.8, 4) is 28.7 Å². The van der Waals surface area contributed by atoms with E-state index in [1.165, 1.54) is 0 Å². The van der Waals surface area contributed by atoms with Crippen molar-refractivity contribution in [3.63, 3.8) is 0 Å². The molecule has 0 atom stereocenters. The molecule has 0 saturated heterocycles. The number of methoxy groups -OCH3 is 4. The molecule has 1 aliphatic carbocycles. The maximum absolute atomic E-state index is 10.9. The molecule has 30 heavy (non-hydrogen) atoms. The first-order chi connectivity index (χ1) is 14.5. The van der Waals surface area contributed by atoms with Crippen LogP contribution in [0.3, 0.4) is 0 Å². The molecule has 0 aliphatic heterocycles. The van der Waals surface area contributed by atoms with Crippen molar-refractivity contribution in [2.24, 2.45) is 5.92 Å². The summed E-state index contributed by atoms with van der Waals surface area (Å²) in [5, 5.41) is 8.95. The average Bonchev–Trinajstić information content (AvgIpc) is 3.18. The number of hydrogen-bond acceptors (Lipinski definition) is 6. The number of ether oxygens (including phenoxy) is 5. The molecule has 162 valence electrons. The largest absolute Gasteiger partial charge is 0.494 e. The molecule has 0 bridgehead atoms. The molecule has 0 amide bonds. The Morgan fingerprint density at radius 1 is 0.867 bits per heavy atom. The van der Waals surface area contributed by atoms with Crippen molar-refractivity contribution >= 4 is 5.97 Å². The molecule has 3 rings (SSSR count). The minimum absolute atomic E-state index is 0.250. The zero-order valence-electron chi connectivity index (χ0n) is 17.8. The van der Waals surface area contributed by atoms with Crippen LogP contribution in [0.4, 0.5) is 0 Å². The molecule has 2 aromatic rings. The van der Waals surface area contributed by atoms with Gasteiger partial charge in [-0.05, 0) is 55.9 Å². The molecule has 7 heteroatoms. The van der Waals surface area contributed by atoms with E-state index in [-0.39, 0.29) is 5.56 Å². The number of rotatable bonds is 10. The Kier molecular flexibility index (Phi) is 6.92. The van der Waals surface area contributed by atoms with Gasteiger partial charge in [0.15, 0.2) is 11.5 Å². The lowest BCUT2D eigenvalue weighted by Crippen LogP contribution is -2.05. The fourth-order valence-electron chi connectivity index (χ4n) is 4.10. The second kappa shape index (κ2) is 9.61. The van der Waals surface area contributed by atoms with Crippen molar-refractivity contribution in [1.82, 2.24) is 0 Å². The number of benzene rings is 2. The first-order valence-electron chi connectivity index (χ1n) is 9.87. The monoisotopic (exact) mass is 416 g/mol. The minimum atomic E-state index is -0.943. The van der Waals surface area contributed by atoms with Crippen LogP contribution in [0.1, 0.15) is 34.3 Å². The van der Waals surface area contributed by atoms with E-state index in [0.717, 1.165) is 36.8 Å². The zero-order valence-corrected chi connectivity index (χ0v) is 17.8. The molecule has 7 nitrogen and oxygen atoms in total. The van der Waals surface area contributed by atoms with Gasteiger partial charge in [-0.15, -0.1) is 0 Å². The fourth-order valence-corrected chi connectivity index (χ4v) is 4.10. The van der Waals surface area contributed by atoms with Crippen LogP contribution >= 0.6 is 0 Å². The highest BCUT2D eigenvalue weighted by Crippen LogP contribution is 2.53. The third-order valence-electron chi connectivity index (χ3n) is 5.46. The van der Waals surface area contributed by atoms with Crippen LogP contribution in [0.25, 0.3) is 0 Å². The maximum atomic E-state index is 10.9. The second-order valence-electron chi connectivity index (χ2n) is 7.18. The lowest BCUT2D eigenvalue weighted by Gasteiger charge is -2.19. The number of carbonyl (C=O) groups is 1. The molecular formula is C23H28O7. The Bertz CT molecular complexity index is 849. The molecule has 0 spiro atoms. The summed E-state index contributed by atoms with van der Waals surface area (Å²) < 4.78 is 28.2. The standard InChI is InChI=1S/C23H28O7/c1-26-19-17-12-14(13-18(17)20(27-2)22(29-4)21(19)28-3)6-5-11-30-16-9-7-15(8-10-16)23(24)25/h7-10,14H,5-6,11-13H2,1-4H3,(H,24,25). The molecule has 0 heterocycles. The molecule has 2 aromatic carbocycles. The van der Waals surface area contributed by atoms with Gasteiger partial charge in [0.1, 0.15) is 5.75 Å². The molecule has 1 N–H and O–H groups in total. The van der Waals surface area contributed by atoms with Crippen molar-refractivity contribution in [1.29, 1.82) is 0 Å². The second-order valence-corrected chi connectivity index (χ2v) is 7.18. The number of aromatic carboxylic acids is 1. The van der Waals surface area contributed by atoms with E-state index >= 15 is 0 Å². The Balaban J connectivity index is 1.63. The minimum Gasteiger partial charge on any atom is -0.494 e. The van der Waals surface area contributed by atoms with Crippen LogP contribution in [-0.2, 0) is 12.8 Å². The molecule has 0 fully saturated rings. The topological polar surface area (TPSA) is 83.5 Å². The predicted octanol–water partition coefficient (Wildman–Crippen LogP) is 3.99. The zero-order chi connectivity index (χ0) is 21.7. The van der Waals surface area contributed by atoms with Crippen LogP contribution < -0.4 is 23.7 Å². The van der Waals surface area contributed by atoms with Crippen molar-refractivity contribution in [2.45, 2.75) is 25.7 Å². The van der Waals surface area contributed by atoms with E-state index in [2.05, 4.69) is 0 Å². The number of carboxylic acid groups (broad SMARTS) is 1. The van der Waals surface area contributed by atoms with E-state index < -0.39 is 5.97 Å². The predicted molar refractivity (Wildman–Crippen MR) is 112 cm³/mol. The van der Waals surface area contributed by atoms with Crippen molar-refractivity contribution in [3.05, 3.63) is 41.0 Å². The number of carboxylic acids is 1. The van der Waals surface area contributed by atoms with E-state index in [4.69, 9.17) is 28.8 Å². The summed E-state index contributed by atoms with van der Waals surface area (Å²) in [4.78, 5) is 10.9. The average molecular weight is 416 g/mol. The highest BCUT2D eigenvalue weighted by atomic mass is 16.5. The molecule has 1 aliphatic rings. The van der Waals surface area contributed by atoms with Gasteiger partial charge in [-0.1, -0.05) is 0 Å². The van der Waals surface area contributed by atoms with Gasteiger partial charge in [0, 0.05) is 11.1 Å². The molecule has 0 radical (unpaired) electrons. The Labute approximate surface area is 176 Å². The first-order valence-corrected chi connectivity index (χ1v) is 9.87. The lowest BCUT2D eigenvalue weighted by molar-refractivity contribution is 0.0697. The summed E-state index contributed by atoms with van der Waals surface area (Å²) in [5.74, 6) is 2.71. The number of hydrogen-bond donors (Lipinski definition) is 1. The van der Waals surface area contributed by atoms with Gasteiger partial charge in [-0.3, -0.25) is 0 Å². The van der Waals surface area contributed by atoms with Gasteiger partial charge in [-0.2, -0.15) is 0 Å². The lowest BCUT2D eigenvalue weighted by atomic mass is 10.0. The first kappa shape index (κ1) is 21.6. The molecular weight excluding hydrogens is 388 g/mol. The SMILES string of the molecule is COc1c2c(c(OC)c(OC)c1OC)CC(CCCOc1ccc(C(=O)O)cc1)C2. The van der Waals surface area contributed by atoms with E-state index in [1.807, 2.05) is 0 Å². The third kappa shape index (κ3) is 4.25. The summed E-state index contributed by atoms with van der Waals surface area (Å²) in [5.41, 5.74) is 2.48. The Morgan fingerprint density at radius 2 is 1.37 bits per heavy atom. The van der Waals surface area contributed by atoms with Crippen LogP contribution in [0.5, 0.6) is 28.7 Å². The smallest absolute Gasteiger partial charge is 0.335 e. The van der Waals surface area contributed by atoms with Gasteiger partial charge in [0.2, 0.25) is 11.5 Å². The van der Waals surface area contributed by atoms with Gasteiger partial charge in [0.05, 0.1) is 40.6 Å². The quantitative estimate of drug-likeness (QED) is 0.586. The van der Waals surface area contributed by atoms with Gasteiger partial charge in [0.25, 0.3) is 0 Å². The third-order valence-corrected chi connectivity index (χ3v) is 5.46. The number of fused-ring (bicyclic) bond motifs is 1. The summed E-state index contributed by atoms with van der Waals surface area (Å²) in [7, 11) is 6.47. The van der Waals surface area contributed by atoms with Crippen molar-refractivity contribution in [2.75, 3.05) is 35.0 Å². The van der Waals surface area contributed by atoms with Crippen LogP contribution in [0.15, 0.2) is 24.3 Å². The van der Waals surface area contributed by atoms with E-state index in [0.29, 0.717) is 41.3 Å². The van der Waals surface area contributed by atoms with Crippen LogP contribution in [0.2, 0.25) is 0 Å². The summed E-state index contributed by atoms with van der Waals surface area (Å²) in [6.45, 7) is 0.570.